The topological polar surface area (TPSA) is 55.1 Å². The van der Waals surface area contributed by atoms with Gasteiger partial charge >= 0.3 is 0 Å². The number of aromatic nitrogens is 3. The maximum absolute atomic E-state index is 9.63. The van der Waals surface area contributed by atoms with Crippen LogP contribution in [0.3, 0.4) is 0 Å². The van der Waals surface area contributed by atoms with Gasteiger partial charge < -0.3 is 9.32 Å². The van der Waals surface area contributed by atoms with E-state index in [1.807, 2.05) is 158 Å². The van der Waals surface area contributed by atoms with Gasteiger partial charge in [0.25, 0.3) is 0 Å². The van der Waals surface area contributed by atoms with E-state index in [4.69, 9.17) is 26.2 Å². The molecule has 2 heterocycles. The number of fused-ring (bicyclic) bond motifs is 4. The van der Waals surface area contributed by atoms with Crippen LogP contribution in [0.2, 0.25) is 0 Å². The van der Waals surface area contributed by atoms with Crippen molar-refractivity contribution in [3.8, 4) is 56.4 Å². The molecule has 0 unspecified atom stereocenters. The zero-order valence-corrected chi connectivity index (χ0v) is 31.8. The van der Waals surface area contributed by atoms with Gasteiger partial charge in [-0.2, -0.15) is 0 Å². The molecule has 0 radical (unpaired) electrons. The van der Waals surface area contributed by atoms with E-state index in [9.17, 15) is 5.48 Å². The zero-order valence-electron chi connectivity index (χ0n) is 40.8. The van der Waals surface area contributed by atoms with E-state index in [1.165, 1.54) is 0 Å². The smallest absolute Gasteiger partial charge is 0.164 e. The molecule has 0 aliphatic heterocycles. The summed E-state index contributed by atoms with van der Waals surface area (Å²) < 4.78 is 86.9. The third kappa shape index (κ3) is 6.35. The highest BCUT2D eigenvalue weighted by atomic mass is 16.3. The molecule has 11 rings (SSSR count). The minimum absolute atomic E-state index is 0.123. The molecule has 0 amide bonds. The van der Waals surface area contributed by atoms with Crippen LogP contribution in [0.4, 0.5) is 17.1 Å². The Kier molecular flexibility index (Phi) is 6.67. The van der Waals surface area contributed by atoms with Crippen molar-refractivity contribution in [3.05, 3.63) is 218 Å². The van der Waals surface area contributed by atoms with Crippen molar-refractivity contribution in [2.75, 3.05) is 4.90 Å². The van der Waals surface area contributed by atoms with Crippen molar-refractivity contribution in [3.63, 3.8) is 0 Å². The number of furan rings is 1. The van der Waals surface area contributed by atoms with Gasteiger partial charge in [-0.05, 0) is 64.0 Å². The Morgan fingerprint density at radius 2 is 0.983 bits per heavy atom. The number of anilines is 3. The molecular weight excluding hydrogens is 733 g/mol. The Hall–Kier alpha value is -8.15. The monoisotopic (exact) mass is 777 g/mol. The van der Waals surface area contributed by atoms with Crippen LogP contribution < -0.4 is 4.90 Å². The molecule has 5 heteroatoms. The first-order valence-electron chi connectivity index (χ1n) is 23.9. The lowest BCUT2D eigenvalue weighted by Gasteiger charge is -2.27. The van der Waals surface area contributed by atoms with Gasteiger partial charge in [-0.25, -0.2) is 15.0 Å². The van der Waals surface area contributed by atoms with Gasteiger partial charge in [0.1, 0.15) is 11.2 Å². The second-order valence-corrected chi connectivity index (χ2v) is 14.1. The van der Waals surface area contributed by atoms with Crippen molar-refractivity contribution < 1.29 is 16.8 Å². The van der Waals surface area contributed by atoms with E-state index >= 15 is 0 Å². The van der Waals surface area contributed by atoms with Gasteiger partial charge in [-0.3, -0.25) is 0 Å². The van der Waals surface area contributed by atoms with Gasteiger partial charge in [-0.1, -0.05) is 176 Å². The Balaban J connectivity index is 1.15. The highest BCUT2D eigenvalue weighted by Gasteiger charge is 2.22. The lowest BCUT2D eigenvalue weighted by atomic mass is 9.96. The fourth-order valence-electron chi connectivity index (χ4n) is 7.72. The maximum atomic E-state index is 9.63. The Morgan fingerprint density at radius 1 is 0.383 bits per heavy atom. The number of benzene rings is 9. The quantitative estimate of drug-likeness (QED) is 0.154. The molecule has 0 atom stereocenters. The van der Waals surface area contributed by atoms with E-state index in [0.717, 1.165) is 43.8 Å². The normalized spacial score (nSPS) is 13.4. The minimum atomic E-state index is -0.649. The summed E-state index contributed by atoms with van der Waals surface area (Å²) in [6.45, 7) is 0. The van der Waals surface area contributed by atoms with Crippen molar-refractivity contribution in [2.45, 2.75) is 0 Å². The summed E-state index contributed by atoms with van der Waals surface area (Å²) in [6.07, 6.45) is 0. The Morgan fingerprint density at radius 3 is 1.67 bits per heavy atom. The highest BCUT2D eigenvalue weighted by molar-refractivity contribution is 6.13. The van der Waals surface area contributed by atoms with Crippen LogP contribution in [0, 0.1) is 0 Å². The van der Waals surface area contributed by atoms with Crippen LogP contribution in [-0.4, -0.2) is 15.0 Å². The first-order valence-corrected chi connectivity index (χ1v) is 19.4. The molecule has 0 spiro atoms. The Labute approximate surface area is 360 Å². The van der Waals surface area contributed by atoms with Crippen LogP contribution in [0.1, 0.15) is 12.3 Å². The third-order valence-corrected chi connectivity index (χ3v) is 10.5. The molecule has 0 saturated carbocycles. The van der Waals surface area contributed by atoms with Crippen molar-refractivity contribution in [2.24, 2.45) is 0 Å². The lowest BCUT2D eigenvalue weighted by molar-refractivity contribution is 0.669. The van der Waals surface area contributed by atoms with Gasteiger partial charge in [0.15, 0.2) is 17.5 Å². The molecule has 0 fully saturated rings. The molecule has 2 aromatic heterocycles. The van der Waals surface area contributed by atoms with Gasteiger partial charge in [0.2, 0.25) is 0 Å². The average Bonchev–Trinajstić information content (AvgIpc) is 3.78. The lowest BCUT2D eigenvalue weighted by Crippen LogP contribution is -2.10. The summed E-state index contributed by atoms with van der Waals surface area (Å²) in [5.41, 5.74) is 5.31. The van der Waals surface area contributed by atoms with Gasteiger partial charge in [-0.15, -0.1) is 0 Å². The maximum Gasteiger partial charge on any atom is 0.164 e. The number of rotatable bonds is 8. The molecule has 0 aliphatic carbocycles. The number of nitrogens with zero attached hydrogens (tertiary/aromatic N) is 4. The zero-order chi connectivity index (χ0) is 47.7. The molecular formula is C55H36N4O. The summed E-state index contributed by atoms with van der Waals surface area (Å²) in [6, 6.07) is 46.9. The van der Waals surface area contributed by atoms with Gasteiger partial charge in [0, 0.05) is 50.3 Å². The highest BCUT2D eigenvalue weighted by Crippen LogP contribution is 2.45. The predicted molar refractivity (Wildman–Crippen MR) is 246 cm³/mol. The number of hydrogen-bond donors (Lipinski definition) is 0. The van der Waals surface area contributed by atoms with E-state index in [-0.39, 0.29) is 5.69 Å². The van der Waals surface area contributed by atoms with Crippen LogP contribution in [-0.2, 0) is 0 Å². The Bertz CT molecular complexity index is 3740. The molecule has 282 valence electrons. The SMILES string of the molecule is [2H]c1c([2H])c([2H])c(-c2c([2H])c([2H])c(N(c3ccc4c(c3)oc3cccc(-c5nc(-c6ccccc6)nc(-c6ccccc6)n5)c34)c3ccc(-c4ccccc4)c4ccccc34)c([2H])c2[2H])c([2H])c1[2H]. The van der Waals surface area contributed by atoms with E-state index in [1.54, 1.807) is 11.0 Å². The first kappa shape index (κ1) is 26.7. The second-order valence-electron chi connectivity index (χ2n) is 14.1. The molecule has 11 aromatic rings. The fourth-order valence-corrected chi connectivity index (χ4v) is 7.72. The van der Waals surface area contributed by atoms with Crippen molar-refractivity contribution in [1.29, 1.82) is 0 Å². The number of hydrogen-bond acceptors (Lipinski definition) is 5. The van der Waals surface area contributed by atoms with Crippen LogP contribution in [0.25, 0.3) is 89.1 Å². The molecule has 0 N–H and O–H groups in total. The van der Waals surface area contributed by atoms with Gasteiger partial charge in [0.05, 0.1) is 18.0 Å². The molecule has 60 heavy (non-hydrogen) atoms. The summed E-state index contributed by atoms with van der Waals surface area (Å²) in [5.74, 6) is 1.45. The molecule has 5 nitrogen and oxygen atoms in total. The minimum Gasteiger partial charge on any atom is -0.456 e. The fraction of sp³-hybridized carbons (Fsp3) is 0. The molecule has 0 bridgehead atoms. The van der Waals surface area contributed by atoms with E-state index < -0.39 is 65.5 Å². The largest absolute Gasteiger partial charge is 0.456 e. The van der Waals surface area contributed by atoms with Crippen LogP contribution in [0.5, 0.6) is 0 Å². The first-order chi connectivity index (χ1) is 33.5. The van der Waals surface area contributed by atoms with E-state index in [2.05, 4.69) is 0 Å². The summed E-state index contributed by atoms with van der Waals surface area (Å²) in [4.78, 5) is 16.6. The summed E-state index contributed by atoms with van der Waals surface area (Å²) >= 11 is 0. The molecule has 9 aromatic carbocycles. The van der Waals surface area contributed by atoms with E-state index in [0.29, 0.717) is 45.6 Å². The second kappa shape index (κ2) is 15.0. The van der Waals surface area contributed by atoms with Crippen molar-refractivity contribution >= 4 is 49.8 Å². The van der Waals surface area contributed by atoms with Crippen LogP contribution >= 0.6 is 0 Å². The summed E-state index contributed by atoms with van der Waals surface area (Å²) in [5, 5.41) is 3.09. The third-order valence-electron chi connectivity index (χ3n) is 10.5. The standard InChI is InChI=1S/C55H36N4O/c1-5-16-37(17-6-1)38-28-30-42(31-29-38)59(49-35-34-44(39-18-7-2-8-19-39)45-24-13-14-25-46(45)49)43-32-33-47-51(36-43)60-50-27-15-26-48(52(47)50)55-57-53(40-20-9-3-10-21-40)56-54(58-55)41-22-11-4-12-23-41/h1-36H/i1D,5D,6D,16D,17D,28D,29D,30D,31D. The summed E-state index contributed by atoms with van der Waals surface area (Å²) in [7, 11) is 0. The average molecular weight is 778 g/mol. The predicted octanol–water partition coefficient (Wildman–Crippen LogP) is 14.7. The van der Waals surface area contributed by atoms with Crippen LogP contribution in [0.15, 0.2) is 223 Å². The molecule has 0 aliphatic rings. The van der Waals surface area contributed by atoms with Crippen molar-refractivity contribution in [1.82, 2.24) is 15.0 Å². The molecule has 0 saturated heterocycles.